The van der Waals surface area contributed by atoms with Crippen LogP contribution in [0, 0.1) is 0 Å². The van der Waals surface area contributed by atoms with Crippen molar-refractivity contribution in [3.05, 3.63) is 63.6 Å². The number of carbonyl (C=O) groups excluding carboxylic acids is 2. The first-order valence-electron chi connectivity index (χ1n) is 8.42. The molecule has 0 bridgehead atoms. The second kappa shape index (κ2) is 7.76. The third kappa shape index (κ3) is 4.28. The van der Waals surface area contributed by atoms with Crippen LogP contribution in [0.4, 0.5) is 18.0 Å². The summed E-state index contributed by atoms with van der Waals surface area (Å²) in [6.07, 6.45) is -4.57. The van der Waals surface area contributed by atoms with E-state index in [4.69, 9.17) is 27.9 Å². The SMILES string of the molecule is CC1(c2cccc(C(F)(F)F)c2)NC(=O)N(CCOc2cc(Cl)ccc2Cl)C1=O. The van der Waals surface area contributed by atoms with Crippen molar-refractivity contribution in [1.82, 2.24) is 10.2 Å². The van der Waals surface area contributed by atoms with E-state index in [1.165, 1.54) is 31.2 Å². The van der Waals surface area contributed by atoms with Crippen LogP contribution in [-0.2, 0) is 16.5 Å². The Morgan fingerprint density at radius 3 is 2.55 bits per heavy atom. The molecule has 0 aliphatic carbocycles. The molecule has 1 N–H and O–H groups in total. The molecule has 0 saturated carbocycles. The van der Waals surface area contributed by atoms with Crippen molar-refractivity contribution in [2.75, 3.05) is 13.2 Å². The molecule has 3 rings (SSSR count). The number of hydrogen-bond acceptors (Lipinski definition) is 3. The molecular formula is C19H15Cl2F3N2O3. The lowest BCUT2D eigenvalue weighted by molar-refractivity contribution is -0.138. The number of nitrogens with zero attached hydrogens (tertiary/aromatic N) is 1. The number of nitrogens with one attached hydrogen (secondary N) is 1. The second-order valence-corrected chi connectivity index (χ2v) is 7.36. The third-order valence-corrected chi connectivity index (χ3v) is 5.06. The predicted octanol–water partition coefficient (Wildman–Crippen LogP) is 4.86. The minimum atomic E-state index is -4.57. The Morgan fingerprint density at radius 2 is 1.86 bits per heavy atom. The van der Waals surface area contributed by atoms with Gasteiger partial charge in [0.2, 0.25) is 0 Å². The smallest absolute Gasteiger partial charge is 0.416 e. The Morgan fingerprint density at radius 1 is 1.14 bits per heavy atom. The van der Waals surface area contributed by atoms with Gasteiger partial charge in [-0.25, -0.2) is 4.79 Å². The van der Waals surface area contributed by atoms with Gasteiger partial charge in [0.1, 0.15) is 17.9 Å². The van der Waals surface area contributed by atoms with Crippen LogP contribution < -0.4 is 10.1 Å². The van der Waals surface area contributed by atoms with Crippen LogP contribution in [0.3, 0.4) is 0 Å². The summed E-state index contributed by atoms with van der Waals surface area (Å²) in [5, 5.41) is 3.17. The van der Waals surface area contributed by atoms with Crippen LogP contribution in [0.5, 0.6) is 5.75 Å². The normalized spacial score (nSPS) is 19.4. The number of amides is 3. The molecule has 2 aromatic rings. The maximum absolute atomic E-state index is 13.0. The van der Waals surface area contributed by atoms with Crippen LogP contribution in [0.25, 0.3) is 0 Å². The van der Waals surface area contributed by atoms with Gasteiger partial charge in [-0.1, -0.05) is 35.3 Å². The number of halogens is 5. The van der Waals surface area contributed by atoms with Gasteiger partial charge < -0.3 is 10.1 Å². The zero-order valence-corrected chi connectivity index (χ0v) is 16.5. The van der Waals surface area contributed by atoms with Gasteiger partial charge in [-0.3, -0.25) is 9.69 Å². The molecule has 10 heteroatoms. The predicted molar refractivity (Wildman–Crippen MR) is 101 cm³/mol. The van der Waals surface area contributed by atoms with Crippen LogP contribution in [0.15, 0.2) is 42.5 Å². The van der Waals surface area contributed by atoms with Crippen molar-refractivity contribution in [3.63, 3.8) is 0 Å². The molecule has 3 amide bonds. The van der Waals surface area contributed by atoms with Gasteiger partial charge in [-0.05, 0) is 36.8 Å². The molecular weight excluding hydrogens is 432 g/mol. The lowest BCUT2D eigenvalue weighted by Gasteiger charge is -2.23. The van der Waals surface area contributed by atoms with Gasteiger partial charge in [0.25, 0.3) is 5.91 Å². The van der Waals surface area contributed by atoms with E-state index in [0.29, 0.717) is 10.0 Å². The average molecular weight is 447 g/mol. The molecule has 1 aliphatic rings. The summed E-state index contributed by atoms with van der Waals surface area (Å²) in [5.74, 6) is -0.394. The van der Waals surface area contributed by atoms with Crippen molar-refractivity contribution >= 4 is 35.1 Å². The highest BCUT2D eigenvalue weighted by Crippen LogP contribution is 2.34. The van der Waals surface area contributed by atoms with Gasteiger partial charge in [-0.2, -0.15) is 13.2 Å². The topological polar surface area (TPSA) is 58.6 Å². The summed E-state index contributed by atoms with van der Waals surface area (Å²) in [6.45, 7) is 1.16. The van der Waals surface area contributed by atoms with Gasteiger partial charge in [0.15, 0.2) is 0 Å². The van der Waals surface area contributed by atoms with Crippen LogP contribution in [-0.4, -0.2) is 30.0 Å². The van der Waals surface area contributed by atoms with Gasteiger partial charge in [0.05, 0.1) is 17.1 Å². The van der Waals surface area contributed by atoms with Crippen molar-refractivity contribution in [3.8, 4) is 5.75 Å². The lowest BCUT2D eigenvalue weighted by Crippen LogP contribution is -2.41. The molecule has 1 aliphatic heterocycles. The first-order chi connectivity index (χ1) is 13.5. The highest BCUT2D eigenvalue weighted by molar-refractivity contribution is 6.34. The van der Waals surface area contributed by atoms with Crippen LogP contribution in [0.2, 0.25) is 10.0 Å². The molecule has 1 heterocycles. The summed E-state index contributed by atoms with van der Waals surface area (Å²) in [6, 6.07) is 8.18. The van der Waals surface area contributed by atoms with Crippen LogP contribution in [0.1, 0.15) is 18.1 Å². The molecule has 5 nitrogen and oxygen atoms in total. The Kier molecular flexibility index (Phi) is 5.69. The van der Waals surface area contributed by atoms with E-state index in [9.17, 15) is 22.8 Å². The molecule has 2 aromatic carbocycles. The average Bonchev–Trinajstić information content (AvgIpc) is 2.88. The van der Waals surface area contributed by atoms with Crippen molar-refractivity contribution in [2.45, 2.75) is 18.6 Å². The molecule has 29 heavy (non-hydrogen) atoms. The minimum absolute atomic E-state index is 0.0342. The molecule has 154 valence electrons. The molecule has 0 spiro atoms. The highest BCUT2D eigenvalue weighted by atomic mass is 35.5. The number of alkyl halides is 3. The first-order valence-corrected chi connectivity index (χ1v) is 9.17. The van der Waals surface area contributed by atoms with E-state index in [2.05, 4.69) is 5.32 Å². The summed E-state index contributed by atoms with van der Waals surface area (Å²) in [5.41, 5.74) is -2.49. The fraction of sp³-hybridized carbons (Fsp3) is 0.263. The lowest BCUT2D eigenvalue weighted by atomic mass is 9.90. The third-order valence-electron chi connectivity index (χ3n) is 4.51. The Hall–Kier alpha value is -2.45. The summed E-state index contributed by atoms with van der Waals surface area (Å²) < 4.78 is 44.5. The summed E-state index contributed by atoms with van der Waals surface area (Å²) in [7, 11) is 0. The monoisotopic (exact) mass is 446 g/mol. The van der Waals surface area contributed by atoms with E-state index >= 15 is 0 Å². The number of imide groups is 1. The molecule has 1 fully saturated rings. The summed E-state index contributed by atoms with van der Waals surface area (Å²) in [4.78, 5) is 26.0. The van der Waals surface area contributed by atoms with Crippen molar-refractivity contribution in [2.24, 2.45) is 0 Å². The number of ether oxygens (including phenoxy) is 1. The molecule has 1 unspecified atom stereocenters. The number of rotatable bonds is 5. The zero-order chi connectivity index (χ0) is 21.4. The fourth-order valence-electron chi connectivity index (χ4n) is 2.94. The van der Waals surface area contributed by atoms with E-state index in [1.807, 2.05) is 0 Å². The number of carbonyl (C=O) groups is 2. The van der Waals surface area contributed by atoms with Gasteiger partial charge in [-0.15, -0.1) is 0 Å². The Bertz CT molecular complexity index is 968. The maximum atomic E-state index is 13.0. The van der Waals surface area contributed by atoms with Crippen LogP contribution >= 0.6 is 23.2 Å². The van der Waals surface area contributed by atoms with Crippen molar-refractivity contribution in [1.29, 1.82) is 0 Å². The van der Waals surface area contributed by atoms with E-state index in [0.717, 1.165) is 17.0 Å². The van der Waals surface area contributed by atoms with Gasteiger partial charge in [0, 0.05) is 11.1 Å². The van der Waals surface area contributed by atoms with E-state index < -0.39 is 29.2 Å². The number of hydrogen-bond donors (Lipinski definition) is 1. The largest absolute Gasteiger partial charge is 0.490 e. The zero-order valence-electron chi connectivity index (χ0n) is 15.0. The fourth-order valence-corrected chi connectivity index (χ4v) is 3.27. The van der Waals surface area contributed by atoms with Crippen molar-refractivity contribution < 1.29 is 27.5 Å². The molecule has 0 aromatic heterocycles. The number of benzene rings is 2. The molecule has 1 atom stereocenters. The highest BCUT2D eigenvalue weighted by Gasteiger charge is 2.49. The van der Waals surface area contributed by atoms with Gasteiger partial charge >= 0.3 is 12.2 Å². The molecule has 1 saturated heterocycles. The number of urea groups is 1. The Balaban J connectivity index is 1.74. The van der Waals surface area contributed by atoms with E-state index in [1.54, 1.807) is 6.07 Å². The van der Waals surface area contributed by atoms with E-state index in [-0.39, 0.29) is 24.5 Å². The first kappa shape index (κ1) is 21.3. The standard InChI is InChI=1S/C19H15Cl2F3N2O3/c1-18(11-3-2-4-12(9-11)19(22,23)24)16(27)26(17(28)25-18)7-8-29-15-10-13(20)5-6-14(15)21/h2-6,9-10H,7-8H2,1H3,(H,25,28). The molecule has 0 radical (unpaired) electrons. The quantitative estimate of drug-likeness (QED) is 0.667. The maximum Gasteiger partial charge on any atom is 0.416 e. The second-order valence-electron chi connectivity index (χ2n) is 6.51. The summed E-state index contributed by atoms with van der Waals surface area (Å²) >= 11 is 11.9. The Labute approximate surface area is 174 Å². The minimum Gasteiger partial charge on any atom is -0.490 e.